The summed E-state index contributed by atoms with van der Waals surface area (Å²) >= 11 is 0. The maximum Gasteiger partial charge on any atom is 0.326 e. The third-order valence-corrected chi connectivity index (χ3v) is 4.66. The van der Waals surface area contributed by atoms with Crippen LogP contribution in [0.25, 0.3) is 11.0 Å². The van der Waals surface area contributed by atoms with E-state index in [1.165, 1.54) is 0 Å². The number of aliphatic carboxylic acids is 1. The standard InChI is InChI=1S/C17H23N3O3/c21-16(22)7-3-4-10-19-11-8-13(9-12-19)20-15-6-2-1-5-14(15)18-17(20)23/h1-2,5-6,13H,3-4,7-12H2,(H,18,23)(H,21,22). The second-order valence-electron chi connectivity index (χ2n) is 6.24. The fraction of sp³-hybridized carbons (Fsp3) is 0.529. The molecule has 2 heterocycles. The lowest BCUT2D eigenvalue weighted by Crippen LogP contribution is -2.37. The van der Waals surface area contributed by atoms with Crippen molar-refractivity contribution >= 4 is 17.0 Å². The van der Waals surface area contributed by atoms with Crippen LogP contribution in [0.5, 0.6) is 0 Å². The van der Waals surface area contributed by atoms with Gasteiger partial charge in [0.2, 0.25) is 0 Å². The minimum atomic E-state index is -0.720. The number of unbranched alkanes of at least 4 members (excludes halogenated alkanes) is 1. The molecule has 0 aliphatic carbocycles. The molecule has 0 bridgehead atoms. The number of imidazole rings is 1. The minimum Gasteiger partial charge on any atom is -0.481 e. The van der Waals surface area contributed by atoms with E-state index in [0.29, 0.717) is 0 Å². The molecule has 1 aliphatic heterocycles. The number of carbonyl (C=O) groups is 1. The monoisotopic (exact) mass is 317 g/mol. The van der Waals surface area contributed by atoms with Gasteiger partial charge >= 0.3 is 11.7 Å². The van der Waals surface area contributed by atoms with Crippen molar-refractivity contribution in [3.8, 4) is 0 Å². The fourth-order valence-corrected chi connectivity index (χ4v) is 3.45. The van der Waals surface area contributed by atoms with E-state index in [2.05, 4.69) is 9.88 Å². The number of aromatic nitrogens is 2. The number of hydrogen-bond acceptors (Lipinski definition) is 3. The summed E-state index contributed by atoms with van der Waals surface area (Å²) < 4.78 is 1.90. The van der Waals surface area contributed by atoms with Gasteiger partial charge in [0.15, 0.2) is 0 Å². The van der Waals surface area contributed by atoms with Gasteiger partial charge in [-0.1, -0.05) is 12.1 Å². The molecule has 124 valence electrons. The molecule has 1 fully saturated rings. The molecular weight excluding hydrogens is 294 g/mol. The van der Waals surface area contributed by atoms with E-state index in [0.717, 1.165) is 56.4 Å². The Hall–Kier alpha value is -2.08. The van der Waals surface area contributed by atoms with Crippen molar-refractivity contribution in [1.29, 1.82) is 0 Å². The predicted octanol–water partition coefficient (Wildman–Crippen LogP) is 2.22. The molecule has 1 aromatic heterocycles. The molecule has 23 heavy (non-hydrogen) atoms. The molecule has 3 rings (SSSR count). The quantitative estimate of drug-likeness (QED) is 0.801. The number of hydrogen-bond donors (Lipinski definition) is 2. The molecule has 0 amide bonds. The zero-order valence-electron chi connectivity index (χ0n) is 13.2. The van der Waals surface area contributed by atoms with Crippen molar-refractivity contribution < 1.29 is 9.90 Å². The summed E-state index contributed by atoms with van der Waals surface area (Å²) in [4.78, 5) is 28.0. The Labute approximate surface area is 134 Å². The van der Waals surface area contributed by atoms with Crippen LogP contribution in [0, 0.1) is 0 Å². The Balaban J connectivity index is 1.57. The van der Waals surface area contributed by atoms with Crippen LogP contribution in [0.15, 0.2) is 29.1 Å². The number of aromatic amines is 1. The Morgan fingerprint density at radius 1 is 1.22 bits per heavy atom. The minimum absolute atomic E-state index is 0.0221. The molecular formula is C17H23N3O3. The molecule has 0 atom stereocenters. The smallest absolute Gasteiger partial charge is 0.326 e. The molecule has 6 heteroatoms. The summed E-state index contributed by atoms with van der Waals surface area (Å²) in [5.74, 6) is -0.720. The summed E-state index contributed by atoms with van der Waals surface area (Å²) in [5.41, 5.74) is 1.86. The predicted molar refractivity (Wildman–Crippen MR) is 88.8 cm³/mol. The maximum absolute atomic E-state index is 12.2. The van der Waals surface area contributed by atoms with Gasteiger partial charge in [-0.3, -0.25) is 9.36 Å². The van der Waals surface area contributed by atoms with E-state index in [1.54, 1.807) is 0 Å². The molecule has 1 saturated heterocycles. The van der Waals surface area contributed by atoms with Crippen molar-refractivity contribution in [3.05, 3.63) is 34.7 Å². The Kier molecular flexibility index (Phi) is 4.81. The number of benzene rings is 1. The largest absolute Gasteiger partial charge is 0.481 e. The van der Waals surface area contributed by atoms with E-state index < -0.39 is 5.97 Å². The van der Waals surface area contributed by atoms with Gasteiger partial charge in [-0.25, -0.2) is 4.79 Å². The molecule has 2 aromatic rings. The molecule has 0 spiro atoms. The second-order valence-corrected chi connectivity index (χ2v) is 6.24. The number of carboxylic acid groups (broad SMARTS) is 1. The first-order valence-corrected chi connectivity index (χ1v) is 8.28. The summed E-state index contributed by atoms with van der Waals surface area (Å²) in [6, 6.07) is 8.07. The zero-order valence-corrected chi connectivity index (χ0v) is 13.2. The SMILES string of the molecule is O=C(O)CCCCN1CCC(n2c(=O)[nH]c3ccccc32)CC1. The van der Waals surface area contributed by atoms with Gasteiger partial charge in [0.25, 0.3) is 0 Å². The number of nitrogens with one attached hydrogen (secondary N) is 1. The van der Waals surface area contributed by atoms with Gasteiger partial charge < -0.3 is 15.0 Å². The van der Waals surface area contributed by atoms with E-state index in [9.17, 15) is 9.59 Å². The first kappa shape index (κ1) is 15.8. The number of carboxylic acids is 1. The lowest BCUT2D eigenvalue weighted by molar-refractivity contribution is -0.137. The molecule has 6 nitrogen and oxygen atoms in total. The van der Waals surface area contributed by atoms with E-state index in [-0.39, 0.29) is 18.2 Å². The molecule has 2 N–H and O–H groups in total. The third kappa shape index (κ3) is 3.64. The number of piperidine rings is 1. The normalized spacial score (nSPS) is 16.9. The first-order chi connectivity index (χ1) is 11.1. The van der Waals surface area contributed by atoms with Crippen LogP contribution >= 0.6 is 0 Å². The molecule has 0 radical (unpaired) electrons. The van der Waals surface area contributed by atoms with Crippen LogP contribution in [-0.4, -0.2) is 45.2 Å². The van der Waals surface area contributed by atoms with Crippen LogP contribution in [0.2, 0.25) is 0 Å². The van der Waals surface area contributed by atoms with Gasteiger partial charge in [0.1, 0.15) is 0 Å². The van der Waals surface area contributed by atoms with Gasteiger partial charge in [-0.05, 0) is 44.4 Å². The molecule has 1 aromatic carbocycles. The topological polar surface area (TPSA) is 78.3 Å². The highest BCUT2D eigenvalue weighted by Crippen LogP contribution is 2.24. The number of H-pyrrole nitrogens is 1. The number of para-hydroxylation sites is 2. The van der Waals surface area contributed by atoms with Crippen molar-refractivity contribution in [1.82, 2.24) is 14.5 Å². The fourth-order valence-electron chi connectivity index (χ4n) is 3.45. The van der Waals surface area contributed by atoms with Crippen LogP contribution in [0.4, 0.5) is 0 Å². The lowest BCUT2D eigenvalue weighted by atomic mass is 10.0. The van der Waals surface area contributed by atoms with Crippen LogP contribution in [0.3, 0.4) is 0 Å². The van der Waals surface area contributed by atoms with Crippen molar-refractivity contribution in [2.75, 3.05) is 19.6 Å². The number of nitrogens with zero attached hydrogens (tertiary/aromatic N) is 2. The number of rotatable bonds is 6. The van der Waals surface area contributed by atoms with Crippen molar-refractivity contribution in [2.24, 2.45) is 0 Å². The third-order valence-electron chi connectivity index (χ3n) is 4.66. The van der Waals surface area contributed by atoms with Gasteiger partial charge in [0.05, 0.1) is 11.0 Å². The van der Waals surface area contributed by atoms with Gasteiger partial charge in [0, 0.05) is 25.6 Å². The second kappa shape index (κ2) is 7.00. The highest BCUT2D eigenvalue weighted by atomic mass is 16.4. The maximum atomic E-state index is 12.2. The molecule has 0 unspecified atom stereocenters. The number of likely N-dealkylation sites (tertiary alicyclic amines) is 1. The Bertz CT molecular complexity index is 726. The Morgan fingerprint density at radius 2 is 1.96 bits per heavy atom. The molecule has 0 saturated carbocycles. The first-order valence-electron chi connectivity index (χ1n) is 8.28. The van der Waals surface area contributed by atoms with E-state index >= 15 is 0 Å². The van der Waals surface area contributed by atoms with Gasteiger partial charge in [-0.2, -0.15) is 0 Å². The zero-order chi connectivity index (χ0) is 16.2. The number of fused-ring (bicyclic) bond motifs is 1. The van der Waals surface area contributed by atoms with Crippen LogP contribution in [0.1, 0.15) is 38.1 Å². The van der Waals surface area contributed by atoms with Crippen LogP contribution in [-0.2, 0) is 4.79 Å². The molecule has 1 aliphatic rings. The highest BCUT2D eigenvalue weighted by molar-refractivity contribution is 5.75. The summed E-state index contributed by atoms with van der Waals surface area (Å²) in [6.07, 6.45) is 3.82. The van der Waals surface area contributed by atoms with Crippen LogP contribution < -0.4 is 5.69 Å². The Morgan fingerprint density at radius 3 is 2.70 bits per heavy atom. The summed E-state index contributed by atoms with van der Waals surface area (Å²) in [5, 5.41) is 8.65. The lowest BCUT2D eigenvalue weighted by Gasteiger charge is -2.32. The van der Waals surface area contributed by atoms with E-state index in [4.69, 9.17) is 5.11 Å². The van der Waals surface area contributed by atoms with Crippen molar-refractivity contribution in [2.45, 2.75) is 38.1 Å². The summed E-state index contributed by atoms with van der Waals surface area (Å²) in [7, 11) is 0. The van der Waals surface area contributed by atoms with E-state index in [1.807, 2.05) is 28.8 Å². The van der Waals surface area contributed by atoms with Crippen molar-refractivity contribution in [3.63, 3.8) is 0 Å². The summed E-state index contributed by atoms with van der Waals surface area (Å²) in [6.45, 7) is 2.87. The highest BCUT2D eigenvalue weighted by Gasteiger charge is 2.23. The van der Waals surface area contributed by atoms with Gasteiger partial charge in [-0.15, -0.1) is 0 Å². The average Bonchev–Trinajstić information content (AvgIpc) is 2.88. The average molecular weight is 317 g/mol.